The van der Waals surface area contributed by atoms with Gasteiger partial charge in [0.2, 0.25) is 0 Å². The molecule has 2 aromatic rings. The highest BCUT2D eigenvalue weighted by atomic mass is 19.4. The fraction of sp³-hybridized carbons (Fsp3) is 0.0714. The Morgan fingerprint density at radius 3 is 2.05 bits per heavy atom. The van der Waals surface area contributed by atoms with Crippen LogP contribution in [0.5, 0.6) is 0 Å². The molecule has 0 radical (unpaired) electrons. The van der Waals surface area contributed by atoms with Crippen molar-refractivity contribution in [3.05, 3.63) is 59.7 Å². The van der Waals surface area contributed by atoms with E-state index in [1.165, 1.54) is 18.2 Å². The first-order valence-electron chi connectivity index (χ1n) is 5.39. The van der Waals surface area contributed by atoms with Gasteiger partial charge in [0, 0.05) is 0 Å². The molecule has 0 aliphatic heterocycles. The van der Waals surface area contributed by atoms with Crippen molar-refractivity contribution in [1.82, 2.24) is 0 Å². The number of hydrogen-bond acceptors (Lipinski definition) is 1. The molecule has 2 aromatic carbocycles. The third-order valence-electron chi connectivity index (χ3n) is 2.68. The molecule has 0 aliphatic rings. The fourth-order valence-corrected chi connectivity index (χ4v) is 1.76. The number of alkyl halides is 3. The summed E-state index contributed by atoms with van der Waals surface area (Å²) in [5.74, 6) is -1.12. The lowest BCUT2D eigenvalue weighted by Gasteiger charge is -2.09. The zero-order valence-electron chi connectivity index (χ0n) is 9.61. The highest BCUT2D eigenvalue weighted by Crippen LogP contribution is 2.31. The minimum atomic E-state index is -4.40. The fourth-order valence-electron chi connectivity index (χ4n) is 1.76. The van der Waals surface area contributed by atoms with Crippen LogP contribution in [0.2, 0.25) is 0 Å². The molecular weight excluding hydrogens is 259 g/mol. The van der Waals surface area contributed by atoms with Gasteiger partial charge >= 0.3 is 12.1 Å². The molecule has 19 heavy (non-hydrogen) atoms. The molecule has 0 heterocycles. The number of halogens is 3. The van der Waals surface area contributed by atoms with Crippen LogP contribution < -0.4 is 0 Å². The van der Waals surface area contributed by atoms with Gasteiger partial charge in [0.15, 0.2) is 0 Å². The van der Waals surface area contributed by atoms with E-state index in [4.69, 9.17) is 5.11 Å². The van der Waals surface area contributed by atoms with Crippen molar-refractivity contribution in [2.45, 2.75) is 6.18 Å². The van der Waals surface area contributed by atoms with Gasteiger partial charge in [0.1, 0.15) is 0 Å². The van der Waals surface area contributed by atoms with Crippen LogP contribution in [-0.4, -0.2) is 11.1 Å². The van der Waals surface area contributed by atoms with Crippen LogP contribution in [0.25, 0.3) is 11.1 Å². The van der Waals surface area contributed by atoms with Crippen molar-refractivity contribution in [2.24, 2.45) is 0 Å². The minimum absolute atomic E-state index is 0.0576. The molecule has 1 N–H and O–H groups in total. The number of benzene rings is 2. The maximum absolute atomic E-state index is 12.4. The third kappa shape index (κ3) is 2.76. The van der Waals surface area contributed by atoms with Crippen LogP contribution in [0.4, 0.5) is 13.2 Å². The van der Waals surface area contributed by atoms with Gasteiger partial charge in [-0.1, -0.05) is 30.3 Å². The molecule has 98 valence electrons. The van der Waals surface area contributed by atoms with E-state index in [1.807, 2.05) is 0 Å². The molecule has 0 aliphatic carbocycles. The average molecular weight is 268 g/mol. The molecule has 0 amide bonds. The van der Waals surface area contributed by atoms with E-state index < -0.39 is 17.7 Å². The zero-order chi connectivity index (χ0) is 14.0. The van der Waals surface area contributed by atoms with E-state index in [2.05, 4.69) is 0 Å². The molecule has 0 aromatic heterocycles. The zero-order valence-corrected chi connectivity index (χ0v) is 9.61. The molecule has 0 bridgehead atoms. The maximum Gasteiger partial charge on any atom is 0.416 e. The number of carbonyl (C=O) groups is 1. The lowest BCUT2D eigenvalue weighted by atomic mass is 10.0. The van der Waals surface area contributed by atoms with Crippen LogP contribution in [0.15, 0.2) is 48.5 Å². The Kier molecular flexibility index (Phi) is 3.29. The Hall–Kier alpha value is -2.30. The Morgan fingerprint density at radius 2 is 1.53 bits per heavy atom. The van der Waals surface area contributed by atoms with E-state index in [1.54, 1.807) is 18.2 Å². The predicted molar refractivity (Wildman–Crippen MR) is 63.8 cm³/mol. The van der Waals surface area contributed by atoms with E-state index in [-0.39, 0.29) is 5.56 Å². The number of hydrogen-bond donors (Lipinski definition) is 1. The van der Waals surface area contributed by atoms with Crippen molar-refractivity contribution < 1.29 is 23.1 Å². The monoisotopic (exact) mass is 268 g/mol. The quantitative estimate of drug-likeness (QED) is 0.891. The molecule has 5 heteroatoms. The molecule has 0 unspecified atom stereocenters. The van der Waals surface area contributed by atoms with Gasteiger partial charge in [0.25, 0.3) is 0 Å². The summed E-state index contributed by atoms with van der Waals surface area (Å²) in [5, 5.41) is 9.03. The van der Waals surface area contributed by atoms with Gasteiger partial charge in [-0.15, -0.1) is 0 Å². The summed E-state index contributed by atoms with van der Waals surface area (Å²) >= 11 is 0. The second kappa shape index (κ2) is 4.76. The molecule has 0 fully saturated rings. The molecule has 2 rings (SSSR count). The van der Waals surface area contributed by atoms with Gasteiger partial charge in [0.05, 0.1) is 11.1 Å². The highest BCUT2D eigenvalue weighted by Gasteiger charge is 2.30. The summed E-state index contributed by atoms with van der Waals surface area (Å²) in [6.45, 7) is 0. The molecule has 0 saturated heterocycles. The first-order valence-corrected chi connectivity index (χ1v) is 5.39. The van der Waals surface area contributed by atoms with Crippen molar-refractivity contribution in [3.8, 4) is 11.1 Å². The first kappa shape index (κ1) is 13.1. The van der Waals surface area contributed by atoms with E-state index >= 15 is 0 Å². The Labute approximate surface area is 107 Å². The molecule has 0 saturated carbocycles. The third-order valence-corrected chi connectivity index (χ3v) is 2.68. The smallest absolute Gasteiger partial charge is 0.416 e. The van der Waals surface area contributed by atoms with Gasteiger partial charge in [-0.25, -0.2) is 4.79 Å². The number of aromatic carboxylic acids is 1. The van der Waals surface area contributed by atoms with Gasteiger partial charge in [-0.3, -0.25) is 0 Å². The number of carboxylic acids is 1. The summed E-state index contributed by atoms with van der Waals surface area (Å²) in [6.07, 6.45) is -4.40. The van der Waals surface area contributed by atoms with Crippen LogP contribution in [-0.2, 0) is 6.18 Å². The number of carboxylic acid groups (broad SMARTS) is 1. The lowest BCUT2D eigenvalue weighted by molar-refractivity contribution is -0.137. The summed E-state index contributed by atoms with van der Waals surface area (Å²) in [5.41, 5.74) is 0.126. The normalized spacial score (nSPS) is 11.3. The predicted octanol–water partition coefficient (Wildman–Crippen LogP) is 4.07. The second-order valence-corrected chi connectivity index (χ2v) is 3.93. The Balaban J connectivity index is 2.46. The van der Waals surface area contributed by atoms with Crippen molar-refractivity contribution >= 4 is 5.97 Å². The summed E-state index contributed by atoms with van der Waals surface area (Å²) < 4.78 is 37.3. The van der Waals surface area contributed by atoms with Crippen molar-refractivity contribution in [2.75, 3.05) is 0 Å². The lowest BCUT2D eigenvalue weighted by Crippen LogP contribution is -2.04. The molecule has 0 atom stereocenters. The summed E-state index contributed by atoms with van der Waals surface area (Å²) in [7, 11) is 0. The maximum atomic E-state index is 12.4. The molecular formula is C14H9F3O2. The average Bonchev–Trinajstić information content (AvgIpc) is 2.38. The summed E-state index contributed by atoms with van der Waals surface area (Å²) in [6, 6.07) is 10.6. The van der Waals surface area contributed by atoms with Gasteiger partial charge in [-0.05, 0) is 29.3 Å². The standard InChI is InChI=1S/C14H9F3O2/c15-14(16,17)10-7-5-9(6-8-10)11-3-1-2-4-12(11)13(18)19/h1-8H,(H,18,19)/i13+2. The second-order valence-electron chi connectivity index (χ2n) is 3.93. The first-order chi connectivity index (χ1) is 8.89. The van der Waals surface area contributed by atoms with Crippen molar-refractivity contribution in [3.63, 3.8) is 0 Å². The van der Waals surface area contributed by atoms with Gasteiger partial charge in [-0.2, -0.15) is 13.2 Å². The minimum Gasteiger partial charge on any atom is -0.478 e. The largest absolute Gasteiger partial charge is 0.478 e. The van der Waals surface area contributed by atoms with Crippen LogP contribution >= 0.6 is 0 Å². The summed E-state index contributed by atoms with van der Waals surface area (Å²) in [4.78, 5) is 11.0. The topological polar surface area (TPSA) is 37.3 Å². The van der Waals surface area contributed by atoms with Crippen LogP contribution in [0, 0.1) is 0 Å². The Morgan fingerprint density at radius 1 is 0.947 bits per heavy atom. The highest BCUT2D eigenvalue weighted by molar-refractivity contribution is 5.95. The van der Waals surface area contributed by atoms with E-state index in [0.717, 1.165) is 12.1 Å². The van der Waals surface area contributed by atoms with Crippen molar-refractivity contribution in [1.29, 1.82) is 0 Å². The number of rotatable bonds is 2. The molecule has 0 spiro atoms. The van der Waals surface area contributed by atoms with Crippen LogP contribution in [0.3, 0.4) is 0 Å². The van der Waals surface area contributed by atoms with Crippen LogP contribution in [0.1, 0.15) is 15.9 Å². The van der Waals surface area contributed by atoms with E-state index in [0.29, 0.717) is 11.1 Å². The SMILES string of the molecule is O=[14C](O)c1ccccc1-c1ccc(C(F)(F)F)cc1. The van der Waals surface area contributed by atoms with Gasteiger partial charge < -0.3 is 5.11 Å². The Bertz CT molecular complexity index is 601. The van der Waals surface area contributed by atoms with E-state index in [9.17, 15) is 18.0 Å². The molecule has 2 nitrogen and oxygen atoms in total.